The van der Waals surface area contributed by atoms with Gasteiger partial charge in [0.1, 0.15) is 11.5 Å². The fourth-order valence-corrected chi connectivity index (χ4v) is 3.03. The van der Waals surface area contributed by atoms with Gasteiger partial charge >= 0.3 is 0 Å². The standard InChI is InChI=1S/C17H22FN3O2/c1-12(2)20(3)16(22)15-10-17(23-19-15)7-8-21(11-17)14-6-4-5-13(18)9-14/h4-6,9,12H,7-8,10-11H2,1-3H3/t17-/m1/s1. The van der Waals surface area contributed by atoms with Crippen LogP contribution in [-0.2, 0) is 9.63 Å². The molecular formula is C17H22FN3O2. The largest absolute Gasteiger partial charge is 0.386 e. The van der Waals surface area contributed by atoms with Crippen molar-refractivity contribution < 1.29 is 14.0 Å². The molecule has 2 aliphatic heterocycles. The maximum atomic E-state index is 13.4. The van der Waals surface area contributed by atoms with Crippen molar-refractivity contribution in [3.8, 4) is 0 Å². The number of nitrogens with zero attached hydrogens (tertiary/aromatic N) is 3. The van der Waals surface area contributed by atoms with Gasteiger partial charge in [0.2, 0.25) is 0 Å². The highest BCUT2D eigenvalue weighted by Crippen LogP contribution is 2.36. The van der Waals surface area contributed by atoms with Gasteiger partial charge in [0.25, 0.3) is 5.91 Å². The highest BCUT2D eigenvalue weighted by molar-refractivity contribution is 6.39. The Labute approximate surface area is 135 Å². The van der Waals surface area contributed by atoms with Gasteiger partial charge in [-0.1, -0.05) is 11.2 Å². The SMILES string of the molecule is CC(C)N(C)C(=O)C1=NO[C@]2(CCN(c3cccc(F)c3)C2)C1. The van der Waals surface area contributed by atoms with Crippen LogP contribution in [0.2, 0.25) is 0 Å². The van der Waals surface area contributed by atoms with E-state index in [2.05, 4.69) is 10.1 Å². The number of carbonyl (C=O) groups is 1. The van der Waals surface area contributed by atoms with Crippen LogP contribution in [0.5, 0.6) is 0 Å². The maximum absolute atomic E-state index is 13.4. The Bertz CT molecular complexity index is 646. The van der Waals surface area contributed by atoms with Gasteiger partial charge in [0.05, 0.1) is 6.54 Å². The van der Waals surface area contributed by atoms with Crippen molar-refractivity contribution in [3.05, 3.63) is 30.1 Å². The number of hydrogen-bond acceptors (Lipinski definition) is 4. The van der Waals surface area contributed by atoms with Crippen molar-refractivity contribution in [1.29, 1.82) is 0 Å². The number of amides is 1. The van der Waals surface area contributed by atoms with E-state index in [0.29, 0.717) is 18.7 Å². The van der Waals surface area contributed by atoms with Gasteiger partial charge in [-0.15, -0.1) is 0 Å². The summed E-state index contributed by atoms with van der Waals surface area (Å²) in [6.07, 6.45) is 1.28. The van der Waals surface area contributed by atoms with Crippen LogP contribution in [0.3, 0.4) is 0 Å². The number of oxime groups is 1. The van der Waals surface area contributed by atoms with Crippen LogP contribution in [0, 0.1) is 5.82 Å². The molecule has 0 aromatic heterocycles. The fraction of sp³-hybridized carbons (Fsp3) is 0.529. The molecule has 3 rings (SSSR count). The molecule has 5 nitrogen and oxygen atoms in total. The second-order valence-corrected chi connectivity index (χ2v) is 6.65. The lowest BCUT2D eigenvalue weighted by atomic mass is 9.96. The minimum Gasteiger partial charge on any atom is -0.386 e. The molecule has 1 atom stereocenters. The molecule has 1 spiro atoms. The van der Waals surface area contributed by atoms with E-state index in [1.165, 1.54) is 12.1 Å². The molecule has 124 valence electrons. The lowest BCUT2D eigenvalue weighted by Gasteiger charge is -2.24. The first-order valence-electron chi connectivity index (χ1n) is 7.93. The van der Waals surface area contributed by atoms with Crippen molar-refractivity contribution >= 4 is 17.3 Å². The molecule has 1 aromatic rings. The molecule has 0 aliphatic carbocycles. The third-order valence-electron chi connectivity index (χ3n) is 4.67. The number of carbonyl (C=O) groups excluding carboxylic acids is 1. The van der Waals surface area contributed by atoms with Crippen molar-refractivity contribution in [1.82, 2.24) is 4.90 Å². The maximum Gasteiger partial charge on any atom is 0.271 e. The smallest absolute Gasteiger partial charge is 0.271 e. The van der Waals surface area contributed by atoms with Crippen molar-refractivity contribution in [2.45, 2.75) is 38.3 Å². The zero-order chi connectivity index (χ0) is 16.6. The van der Waals surface area contributed by atoms with Crippen LogP contribution in [0.15, 0.2) is 29.4 Å². The average Bonchev–Trinajstić information content (AvgIpc) is 3.13. The Morgan fingerprint density at radius 2 is 2.26 bits per heavy atom. The lowest BCUT2D eigenvalue weighted by Crippen LogP contribution is -2.40. The van der Waals surface area contributed by atoms with Gasteiger partial charge in [-0.25, -0.2) is 4.39 Å². The van der Waals surface area contributed by atoms with E-state index in [0.717, 1.165) is 18.7 Å². The zero-order valence-electron chi connectivity index (χ0n) is 13.8. The summed E-state index contributed by atoms with van der Waals surface area (Å²) >= 11 is 0. The lowest BCUT2D eigenvalue weighted by molar-refractivity contribution is -0.124. The van der Waals surface area contributed by atoms with Gasteiger partial charge in [0, 0.05) is 38.2 Å². The van der Waals surface area contributed by atoms with E-state index in [9.17, 15) is 9.18 Å². The summed E-state index contributed by atoms with van der Waals surface area (Å²) in [5, 5.41) is 4.04. The second-order valence-electron chi connectivity index (χ2n) is 6.65. The molecule has 1 amide bonds. The first-order chi connectivity index (χ1) is 10.9. The number of benzene rings is 1. The monoisotopic (exact) mass is 319 g/mol. The Morgan fingerprint density at radius 1 is 1.48 bits per heavy atom. The van der Waals surface area contributed by atoms with Gasteiger partial charge in [-0.2, -0.15) is 0 Å². The molecule has 1 aromatic carbocycles. The number of hydrogen-bond donors (Lipinski definition) is 0. The molecule has 0 radical (unpaired) electrons. The van der Waals surface area contributed by atoms with E-state index < -0.39 is 5.60 Å². The molecule has 1 fully saturated rings. The minimum atomic E-state index is -0.463. The van der Waals surface area contributed by atoms with Crippen molar-refractivity contribution in [2.24, 2.45) is 5.16 Å². The highest BCUT2D eigenvalue weighted by atomic mass is 19.1. The summed E-state index contributed by atoms with van der Waals surface area (Å²) in [5.41, 5.74) is 0.849. The normalized spacial score (nSPS) is 23.3. The van der Waals surface area contributed by atoms with Crippen molar-refractivity contribution in [2.75, 3.05) is 25.0 Å². The summed E-state index contributed by atoms with van der Waals surface area (Å²) in [7, 11) is 1.77. The van der Waals surface area contributed by atoms with E-state index in [4.69, 9.17) is 4.84 Å². The Kier molecular flexibility index (Phi) is 4.00. The third-order valence-corrected chi connectivity index (χ3v) is 4.67. The van der Waals surface area contributed by atoms with Gasteiger partial charge in [-0.3, -0.25) is 4.79 Å². The molecule has 0 saturated carbocycles. The molecule has 2 aliphatic rings. The predicted octanol–water partition coefficient (Wildman–Crippen LogP) is 2.42. The summed E-state index contributed by atoms with van der Waals surface area (Å²) in [6.45, 7) is 5.30. The zero-order valence-corrected chi connectivity index (χ0v) is 13.8. The molecular weight excluding hydrogens is 297 g/mol. The molecule has 0 N–H and O–H groups in total. The van der Waals surface area contributed by atoms with Crippen LogP contribution in [0.25, 0.3) is 0 Å². The summed E-state index contributed by atoms with van der Waals surface area (Å²) in [4.78, 5) is 21.8. The first kappa shape index (κ1) is 15.8. The number of halogens is 1. The minimum absolute atomic E-state index is 0.0823. The highest BCUT2D eigenvalue weighted by Gasteiger charge is 2.47. The van der Waals surface area contributed by atoms with E-state index in [1.54, 1.807) is 18.0 Å². The molecule has 0 unspecified atom stereocenters. The molecule has 0 bridgehead atoms. The van der Waals surface area contributed by atoms with Crippen LogP contribution in [0.1, 0.15) is 26.7 Å². The topological polar surface area (TPSA) is 45.1 Å². The summed E-state index contributed by atoms with van der Waals surface area (Å²) in [6, 6.07) is 6.66. The second kappa shape index (κ2) is 5.83. The van der Waals surface area contributed by atoms with Crippen LogP contribution in [0.4, 0.5) is 10.1 Å². The molecule has 1 saturated heterocycles. The fourth-order valence-electron chi connectivity index (χ4n) is 3.03. The van der Waals surface area contributed by atoms with Gasteiger partial charge in [-0.05, 0) is 32.0 Å². The van der Waals surface area contributed by atoms with Crippen LogP contribution in [-0.4, -0.2) is 48.3 Å². The van der Waals surface area contributed by atoms with Crippen LogP contribution < -0.4 is 4.90 Å². The average molecular weight is 319 g/mol. The van der Waals surface area contributed by atoms with Gasteiger partial charge < -0.3 is 14.6 Å². The Hall–Kier alpha value is -2.11. The molecule has 23 heavy (non-hydrogen) atoms. The molecule has 2 heterocycles. The summed E-state index contributed by atoms with van der Waals surface area (Å²) in [5.74, 6) is -0.331. The molecule has 6 heteroatoms. The number of anilines is 1. The van der Waals surface area contributed by atoms with E-state index in [1.807, 2.05) is 19.9 Å². The Morgan fingerprint density at radius 3 is 2.96 bits per heavy atom. The predicted molar refractivity (Wildman–Crippen MR) is 87.0 cm³/mol. The summed E-state index contributed by atoms with van der Waals surface area (Å²) < 4.78 is 13.4. The van der Waals surface area contributed by atoms with Gasteiger partial charge in [0.15, 0.2) is 5.60 Å². The first-order valence-corrected chi connectivity index (χ1v) is 7.93. The van der Waals surface area contributed by atoms with E-state index >= 15 is 0 Å². The third kappa shape index (κ3) is 3.02. The van der Waals surface area contributed by atoms with Crippen LogP contribution >= 0.6 is 0 Å². The number of rotatable bonds is 3. The van der Waals surface area contributed by atoms with Crippen molar-refractivity contribution in [3.63, 3.8) is 0 Å². The Balaban J connectivity index is 1.67. The van der Waals surface area contributed by atoms with E-state index in [-0.39, 0.29) is 17.8 Å². The quantitative estimate of drug-likeness (QED) is 0.859.